The normalized spacial score (nSPS) is 27.4. The predicted molar refractivity (Wildman–Crippen MR) is 108 cm³/mol. The molecule has 3 aliphatic heterocycles. The molecule has 2 aromatic rings. The Bertz CT molecular complexity index is 893. The fourth-order valence-electron chi connectivity index (χ4n) is 4.98. The van der Waals surface area contributed by atoms with Crippen molar-refractivity contribution >= 4 is 16.7 Å². The van der Waals surface area contributed by atoms with Crippen LogP contribution in [0.3, 0.4) is 0 Å². The second-order valence-electron chi connectivity index (χ2n) is 8.15. The molecule has 0 unspecified atom stereocenters. The maximum atomic E-state index is 14.1. The van der Waals surface area contributed by atoms with Crippen molar-refractivity contribution in [2.75, 3.05) is 57.9 Å². The van der Waals surface area contributed by atoms with Gasteiger partial charge >= 0.3 is 6.01 Å². The minimum absolute atomic E-state index is 0.219. The highest BCUT2D eigenvalue weighted by Crippen LogP contribution is 2.40. The van der Waals surface area contributed by atoms with Gasteiger partial charge in [0.05, 0.1) is 18.2 Å². The predicted octanol–water partition coefficient (Wildman–Crippen LogP) is 1.40. The van der Waals surface area contributed by atoms with E-state index < -0.39 is 6.17 Å². The van der Waals surface area contributed by atoms with Crippen LogP contribution in [0, 0.1) is 0 Å². The molecule has 0 amide bonds. The number of halogens is 1. The highest BCUT2D eigenvalue weighted by Gasteiger charge is 2.49. The van der Waals surface area contributed by atoms with Crippen LogP contribution in [0.25, 0.3) is 10.9 Å². The van der Waals surface area contributed by atoms with Gasteiger partial charge in [-0.25, -0.2) is 9.37 Å². The monoisotopic (exact) mass is 402 g/mol. The van der Waals surface area contributed by atoms with Crippen molar-refractivity contribution < 1.29 is 13.9 Å². The number of hydrogen-bond donors (Lipinski definition) is 1. The largest absolute Gasteiger partial charge is 0.480 e. The van der Waals surface area contributed by atoms with E-state index in [-0.39, 0.29) is 5.54 Å². The van der Waals surface area contributed by atoms with Gasteiger partial charge in [0, 0.05) is 45.3 Å². The Hall–Kier alpha value is -2.26. The molecule has 3 fully saturated rings. The first-order valence-electron chi connectivity index (χ1n) is 10.4. The number of aromatic nitrogens is 3. The summed E-state index contributed by atoms with van der Waals surface area (Å²) >= 11 is 0. The number of nitrogens with one attached hydrogen (secondary N) is 1. The maximum Gasteiger partial charge on any atom is 0.319 e. The molecule has 29 heavy (non-hydrogen) atoms. The quantitative estimate of drug-likeness (QED) is 0.805. The average molecular weight is 402 g/mol. The fourth-order valence-corrected chi connectivity index (χ4v) is 4.98. The third kappa shape index (κ3) is 3.36. The van der Waals surface area contributed by atoms with Gasteiger partial charge in [-0.1, -0.05) is 0 Å². The van der Waals surface area contributed by atoms with E-state index in [1.54, 1.807) is 13.3 Å². The first-order chi connectivity index (χ1) is 14.2. The van der Waals surface area contributed by atoms with Gasteiger partial charge in [-0.3, -0.25) is 4.90 Å². The number of hydrogen-bond acceptors (Lipinski definition) is 8. The molecule has 0 radical (unpaired) electrons. The molecule has 0 spiro atoms. The summed E-state index contributed by atoms with van der Waals surface area (Å²) in [6.07, 6.45) is 3.49. The lowest BCUT2D eigenvalue weighted by atomic mass is 9.95. The highest BCUT2D eigenvalue weighted by molar-refractivity contribution is 5.94. The fraction of sp³-hybridized carbons (Fsp3) is 0.650. The molecule has 3 saturated heterocycles. The summed E-state index contributed by atoms with van der Waals surface area (Å²) < 4.78 is 25.7. The molecule has 9 heteroatoms. The molecule has 0 saturated carbocycles. The van der Waals surface area contributed by atoms with Gasteiger partial charge in [0.2, 0.25) is 5.88 Å². The molecule has 0 bridgehead atoms. The van der Waals surface area contributed by atoms with Gasteiger partial charge in [0.25, 0.3) is 0 Å². The molecule has 5 rings (SSSR count). The van der Waals surface area contributed by atoms with Gasteiger partial charge < -0.3 is 19.7 Å². The lowest BCUT2D eigenvalue weighted by Gasteiger charge is -2.31. The van der Waals surface area contributed by atoms with Crippen LogP contribution in [-0.4, -0.2) is 84.5 Å². The molecule has 0 aliphatic carbocycles. The van der Waals surface area contributed by atoms with Crippen molar-refractivity contribution in [3.05, 3.63) is 12.3 Å². The van der Waals surface area contributed by atoms with Gasteiger partial charge in [0.1, 0.15) is 24.0 Å². The molecule has 156 valence electrons. The number of fused-ring (bicyclic) bond motifs is 2. The second kappa shape index (κ2) is 7.53. The lowest BCUT2D eigenvalue weighted by Crippen LogP contribution is -2.44. The molecule has 5 heterocycles. The maximum absolute atomic E-state index is 14.1. The standard InChI is InChI=1S/C20H27FN6O2/c1-28-18-16-15(3-5-23-18)24-19(25-17(16)26-9-6-22-7-10-26)29-13-20-4-2-8-27(20)12-14(21)11-20/h3,5,14,22H,2,4,6-13H2,1H3/t14-,20+/m1/s1. The van der Waals surface area contributed by atoms with E-state index in [0.717, 1.165) is 62.3 Å². The van der Waals surface area contributed by atoms with Gasteiger partial charge in [0.15, 0.2) is 0 Å². The number of piperazine rings is 1. The molecular weight excluding hydrogens is 375 g/mol. The first-order valence-corrected chi connectivity index (χ1v) is 10.4. The number of methoxy groups -OCH3 is 1. The number of ether oxygens (including phenoxy) is 2. The zero-order chi connectivity index (χ0) is 19.8. The van der Waals surface area contributed by atoms with E-state index in [1.165, 1.54) is 0 Å². The van der Waals surface area contributed by atoms with Gasteiger partial charge in [-0.05, 0) is 25.5 Å². The summed E-state index contributed by atoms with van der Waals surface area (Å²) in [6.45, 7) is 5.33. The van der Waals surface area contributed by atoms with Crippen LogP contribution in [0.2, 0.25) is 0 Å². The number of nitrogens with zero attached hydrogens (tertiary/aromatic N) is 5. The van der Waals surface area contributed by atoms with Crippen molar-refractivity contribution in [2.45, 2.75) is 31.0 Å². The number of alkyl halides is 1. The van der Waals surface area contributed by atoms with Crippen LogP contribution in [0.15, 0.2) is 12.3 Å². The van der Waals surface area contributed by atoms with E-state index in [0.29, 0.717) is 31.5 Å². The Balaban J connectivity index is 1.48. The Labute approximate surface area is 169 Å². The second-order valence-corrected chi connectivity index (χ2v) is 8.15. The van der Waals surface area contributed by atoms with Crippen LogP contribution in [-0.2, 0) is 0 Å². The van der Waals surface area contributed by atoms with Gasteiger partial charge in [-0.15, -0.1) is 0 Å². The molecule has 8 nitrogen and oxygen atoms in total. The summed E-state index contributed by atoms with van der Waals surface area (Å²) in [6, 6.07) is 2.19. The minimum atomic E-state index is -0.775. The van der Waals surface area contributed by atoms with E-state index in [9.17, 15) is 4.39 Å². The molecule has 2 atom stereocenters. The highest BCUT2D eigenvalue weighted by atomic mass is 19.1. The van der Waals surface area contributed by atoms with Crippen molar-refractivity contribution in [1.29, 1.82) is 0 Å². The number of anilines is 1. The van der Waals surface area contributed by atoms with Crippen LogP contribution in [0.4, 0.5) is 10.2 Å². The SMILES string of the molecule is COc1nccc2nc(OC[C@@]34CCCN3C[C@H](F)C4)nc(N3CCNCC3)c12. The van der Waals surface area contributed by atoms with Crippen LogP contribution < -0.4 is 19.7 Å². The third-order valence-corrected chi connectivity index (χ3v) is 6.38. The Morgan fingerprint density at radius 3 is 2.97 bits per heavy atom. The van der Waals surface area contributed by atoms with Crippen LogP contribution >= 0.6 is 0 Å². The molecular formula is C20H27FN6O2. The topological polar surface area (TPSA) is 75.6 Å². The molecule has 1 N–H and O–H groups in total. The molecule has 0 aromatic carbocycles. The van der Waals surface area contributed by atoms with Crippen molar-refractivity contribution in [1.82, 2.24) is 25.2 Å². The van der Waals surface area contributed by atoms with E-state index in [4.69, 9.17) is 14.5 Å². The van der Waals surface area contributed by atoms with Crippen LogP contribution in [0.1, 0.15) is 19.3 Å². The van der Waals surface area contributed by atoms with Gasteiger partial charge in [-0.2, -0.15) is 9.97 Å². The third-order valence-electron chi connectivity index (χ3n) is 6.38. The summed E-state index contributed by atoms with van der Waals surface area (Å²) in [4.78, 5) is 18.2. The summed E-state index contributed by atoms with van der Waals surface area (Å²) in [5.41, 5.74) is 0.522. The Kier molecular flexibility index (Phi) is 4.87. The summed E-state index contributed by atoms with van der Waals surface area (Å²) in [7, 11) is 1.61. The average Bonchev–Trinajstić information content (AvgIpc) is 3.27. The number of pyridine rings is 1. The minimum Gasteiger partial charge on any atom is -0.480 e. The first kappa shape index (κ1) is 18.7. The summed E-state index contributed by atoms with van der Waals surface area (Å²) in [5, 5.41) is 4.16. The van der Waals surface area contributed by atoms with Crippen LogP contribution in [0.5, 0.6) is 11.9 Å². The summed E-state index contributed by atoms with van der Waals surface area (Å²) in [5.74, 6) is 1.30. The van der Waals surface area contributed by atoms with E-state index >= 15 is 0 Å². The van der Waals surface area contributed by atoms with E-state index in [1.807, 2.05) is 6.07 Å². The zero-order valence-corrected chi connectivity index (χ0v) is 16.7. The molecule has 3 aliphatic rings. The number of rotatable bonds is 5. The van der Waals surface area contributed by atoms with Crippen molar-refractivity contribution in [3.63, 3.8) is 0 Å². The smallest absolute Gasteiger partial charge is 0.319 e. The van der Waals surface area contributed by atoms with Crippen molar-refractivity contribution in [3.8, 4) is 11.9 Å². The van der Waals surface area contributed by atoms with E-state index in [2.05, 4.69) is 25.1 Å². The van der Waals surface area contributed by atoms with Crippen molar-refractivity contribution in [2.24, 2.45) is 0 Å². The molecule has 2 aromatic heterocycles. The lowest BCUT2D eigenvalue weighted by molar-refractivity contribution is 0.107. The zero-order valence-electron chi connectivity index (χ0n) is 16.7. The Morgan fingerprint density at radius 1 is 1.28 bits per heavy atom. The Morgan fingerprint density at radius 2 is 2.14 bits per heavy atom.